The van der Waals surface area contributed by atoms with Crippen molar-refractivity contribution in [1.82, 2.24) is 9.78 Å². The average molecular weight is 301 g/mol. The molecule has 0 atom stereocenters. The molecule has 1 aliphatic heterocycles. The molecule has 6 nitrogen and oxygen atoms in total. The van der Waals surface area contributed by atoms with Crippen molar-refractivity contribution in [3.05, 3.63) is 42.6 Å². The van der Waals surface area contributed by atoms with Crippen LogP contribution in [0.5, 0.6) is 0 Å². The van der Waals surface area contributed by atoms with Gasteiger partial charge in [-0.1, -0.05) is 0 Å². The van der Waals surface area contributed by atoms with Crippen molar-refractivity contribution in [2.45, 2.75) is 19.4 Å². The molecule has 1 fully saturated rings. The molecule has 0 spiro atoms. The molecule has 6 heteroatoms. The number of ether oxygens (including phenoxy) is 1. The number of carbonyl (C=O) groups is 1. The Morgan fingerprint density at radius 3 is 3.09 bits per heavy atom. The minimum absolute atomic E-state index is 0.206. The van der Waals surface area contributed by atoms with E-state index in [0.29, 0.717) is 17.4 Å². The Balaban J connectivity index is 1.51. The second-order valence-electron chi connectivity index (χ2n) is 5.34. The molecule has 1 amide bonds. The monoisotopic (exact) mass is 301 g/mol. The molecule has 2 aromatic rings. The lowest BCUT2D eigenvalue weighted by molar-refractivity contribution is -0.111. The molecule has 0 aliphatic carbocycles. The first kappa shape index (κ1) is 14.6. The smallest absolute Gasteiger partial charge is 0.248 e. The van der Waals surface area contributed by atoms with E-state index in [2.05, 4.69) is 10.4 Å². The Hall–Kier alpha value is -2.34. The van der Waals surface area contributed by atoms with Gasteiger partial charge in [0.15, 0.2) is 0 Å². The maximum Gasteiger partial charge on any atom is 0.248 e. The molecule has 0 radical (unpaired) electrons. The van der Waals surface area contributed by atoms with E-state index in [9.17, 15) is 4.79 Å². The lowest BCUT2D eigenvalue weighted by atomic mass is 10.0. The van der Waals surface area contributed by atoms with Gasteiger partial charge in [-0.05, 0) is 37.0 Å². The van der Waals surface area contributed by atoms with Crippen LogP contribution >= 0.6 is 0 Å². The average Bonchev–Trinajstić information content (AvgIpc) is 3.18. The van der Waals surface area contributed by atoms with Gasteiger partial charge >= 0.3 is 0 Å². The summed E-state index contributed by atoms with van der Waals surface area (Å²) < 4.78 is 12.4. The third kappa shape index (κ3) is 4.08. The zero-order valence-electron chi connectivity index (χ0n) is 12.3. The Morgan fingerprint density at radius 1 is 1.45 bits per heavy atom. The number of nitrogens with one attached hydrogen (secondary N) is 1. The number of anilines is 1. The summed E-state index contributed by atoms with van der Waals surface area (Å²) in [7, 11) is 0. The number of carbonyl (C=O) groups excluding carboxylic acids is 1. The highest BCUT2D eigenvalue weighted by Gasteiger charge is 2.14. The quantitative estimate of drug-likeness (QED) is 0.862. The highest BCUT2D eigenvalue weighted by Crippen LogP contribution is 2.17. The van der Waals surface area contributed by atoms with Crippen LogP contribution in [0.2, 0.25) is 0 Å². The van der Waals surface area contributed by atoms with Crippen LogP contribution in [0.1, 0.15) is 18.6 Å². The molecule has 116 valence electrons. The van der Waals surface area contributed by atoms with E-state index in [1.807, 2.05) is 10.9 Å². The lowest BCUT2D eigenvalue weighted by Crippen LogP contribution is -2.20. The summed E-state index contributed by atoms with van der Waals surface area (Å²) in [6, 6.07) is 3.56. The topological polar surface area (TPSA) is 69.3 Å². The first-order valence-electron chi connectivity index (χ1n) is 7.42. The number of rotatable bonds is 5. The number of aromatic nitrogens is 2. The molecule has 0 aromatic carbocycles. The first-order chi connectivity index (χ1) is 10.8. The molecule has 22 heavy (non-hydrogen) atoms. The van der Waals surface area contributed by atoms with E-state index in [4.69, 9.17) is 9.15 Å². The highest BCUT2D eigenvalue weighted by atomic mass is 16.5. The molecule has 0 saturated carbocycles. The van der Waals surface area contributed by atoms with Crippen LogP contribution in [0, 0.1) is 5.92 Å². The van der Waals surface area contributed by atoms with Crippen LogP contribution in [0.3, 0.4) is 0 Å². The summed E-state index contributed by atoms with van der Waals surface area (Å²) in [6.45, 7) is 2.52. The van der Waals surface area contributed by atoms with Crippen molar-refractivity contribution in [3.8, 4) is 0 Å². The van der Waals surface area contributed by atoms with Crippen molar-refractivity contribution in [2.24, 2.45) is 5.92 Å². The van der Waals surface area contributed by atoms with Crippen LogP contribution in [-0.2, 0) is 16.1 Å². The van der Waals surface area contributed by atoms with Crippen molar-refractivity contribution in [3.63, 3.8) is 0 Å². The minimum atomic E-state index is -0.206. The van der Waals surface area contributed by atoms with Crippen LogP contribution in [-0.4, -0.2) is 28.9 Å². The van der Waals surface area contributed by atoms with Crippen molar-refractivity contribution < 1.29 is 13.9 Å². The molecule has 1 aliphatic rings. The molecular weight excluding hydrogens is 282 g/mol. The summed E-state index contributed by atoms with van der Waals surface area (Å²) in [5.41, 5.74) is 0.696. The molecule has 0 bridgehead atoms. The Bertz CT molecular complexity index is 625. The van der Waals surface area contributed by atoms with Crippen LogP contribution < -0.4 is 5.32 Å². The van der Waals surface area contributed by atoms with Gasteiger partial charge in [-0.15, -0.1) is 0 Å². The van der Waals surface area contributed by atoms with Gasteiger partial charge < -0.3 is 14.5 Å². The fraction of sp³-hybridized carbons (Fsp3) is 0.375. The molecule has 1 saturated heterocycles. The van der Waals surface area contributed by atoms with E-state index in [1.165, 1.54) is 6.08 Å². The van der Waals surface area contributed by atoms with Gasteiger partial charge in [0.2, 0.25) is 5.91 Å². The minimum Gasteiger partial charge on any atom is -0.465 e. The molecule has 1 N–H and O–H groups in total. The summed E-state index contributed by atoms with van der Waals surface area (Å²) >= 11 is 0. The van der Waals surface area contributed by atoms with Gasteiger partial charge in [0, 0.05) is 32.0 Å². The van der Waals surface area contributed by atoms with Crippen LogP contribution in [0.4, 0.5) is 5.69 Å². The summed E-state index contributed by atoms with van der Waals surface area (Å²) in [5.74, 6) is 1.03. The maximum absolute atomic E-state index is 11.8. The molecule has 3 heterocycles. The van der Waals surface area contributed by atoms with Crippen molar-refractivity contribution >= 4 is 17.7 Å². The first-order valence-corrected chi connectivity index (χ1v) is 7.42. The Morgan fingerprint density at radius 2 is 2.32 bits per heavy atom. The van der Waals surface area contributed by atoms with Crippen LogP contribution in [0.25, 0.3) is 6.08 Å². The third-order valence-corrected chi connectivity index (χ3v) is 3.63. The Kier molecular flexibility index (Phi) is 4.70. The lowest BCUT2D eigenvalue weighted by Gasteiger charge is -2.21. The molecule has 3 rings (SSSR count). The van der Waals surface area contributed by atoms with E-state index in [0.717, 1.165) is 32.6 Å². The van der Waals surface area contributed by atoms with Crippen molar-refractivity contribution in [1.29, 1.82) is 0 Å². The van der Waals surface area contributed by atoms with Gasteiger partial charge in [-0.2, -0.15) is 5.10 Å². The maximum atomic E-state index is 11.8. The zero-order chi connectivity index (χ0) is 15.2. The predicted octanol–water partition coefficient (Wildman–Crippen LogP) is 2.55. The zero-order valence-corrected chi connectivity index (χ0v) is 12.3. The number of hydrogen-bond acceptors (Lipinski definition) is 4. The van der Waals surface area contributed by atoms with Gasteiger partial charge in [0.05, 0.1) is 18.1 Å². The molecule has 0 unspecified atom stereocenters. The SMILES string of the molecule is O=C(C=Cc1ccco1)Nc1cnn(CC2CCOCC2)c1. The molecular formula is C16H19N3O3. The molecule has 2 aromatic heterocycles. The summed E-state index contributed by atoms with van der Waals surface area (Å²) in [4.78, 5) is 11.8. The largest absolute Gasteiger partial charge is 0.465 e. The summed E-state index contributed by atoms with van der Waals surface area (Å²) in [6.07, 6.45) is 10.3. The summed E-state index contributed by atoms with van der Waals surface area (Å²) in [5, 5.41) is 7.08. The van der Waals surface area contributed by atoms with E-state index in [1.54, 1.807) is 30.7 Å². The number of amides is 1. The second-order valence-corrected chi connectivity index (χ2v) is 5.34. The van der Waals surface area contributed by atoms with Gasteiger partial charge in [-0.25, -0.2) is 0 Å². The highest BCUT2D eigenvalue weighted by molar-refractivity contribution is 6.01. The second kappa shape index (κ2) is 7.09. The van der Waals surface area contributed by atoms with E-state index >= 15 is 0 Å². The van der Waals surface area contributed by atoms with E-state index in [-0.39, 0.29) is 5.91 Å². The Labute approximate surface area is 128 Å². The van der Waals surface area contributed by atoms with Crippen LogP contribution in [0.15, 0.2) is 41.3 Å². The fourth-order valence-electron chi connectivity index (χ4n) is 2.45. The standard InChI is InChI=1S/C16H19N3O3/c20-16(4-3-15-2-1-7-22-15)18-14-10-17-19(12-14)11-13-5-8-21-9-6-13/h1-4,7,10,12-13H,5-6,8-9,11H2,(H,18,20). The normalized spacial score (nSPS) is 16.2. The fourth-order valence-corrected chi connectivity index (χ4v) is 2.45. The van der Waals surface area contributed by atoms with E-state index < -0.39 is 0 Å². The van der Waals surface area contributed by atoms with Gasteiger partial charge in [0.1, 0.15) is 5.76 Å². The van der Waals surface area contributed by atoms with Gasteiger partial charge in [-0.3, -0.25) is 9.48 Å². The number of hydrogen-bond donors (Lipinski definition) is 1. The number of furan rings is 1. The number of nitrogens with zero attached hydrogens (tertiary/aromatic N) is 2. The third-order valence-electron chi connectivity index (χ3n) is 3.63. The predicted molar refractivity (Wildman–Crippen MR) is 82.1 cm³/mol. The van der Waals surface area contributed by atoms with Gasteiger partial charge in [0.25, 0.3) is 0 Å². The van der Waals surface area contributed by atoms with Crippen molar-refractivity contribution in [2.75, 3.05) is 18.5 Å².